The van der Waals surface area contributed by atoms with Crippen LogP contribution in [0.3, 0.4) is 0 Å². The van der Waals surface area contributed by atoms with Gasteiger partial charge in [0.1, 0.15) is 5.75 Å². The summed E-state index contributed by atoms with van der Waals surface area (Å²) in [4.78, 5) is 2.41. The van der Waals surface area contributed by atoms with Crippen LogP contribution >= 0.6 is 11.6 Å². The van der Waals surface area contributed by atoms with E-state index in [4.69, 9.17) is 22.1 Å². The second kappa shape index (κ2) is 6.60. The molecule has 2 N–H and O–H groups in total. The monoisotopic (exact) mass is 282 g/mol. The van der Waals surface area contributed by atoms with Crippen molar-refractivity contribution in [3.63, 3.8) is 0 Å². The molecule has 1 aliphatic heterocycles. The lowest BCUT2D eigenvalue weighted by Crippen LogP contribution is -2.26. The lowest BCUT2D eigenvalue weighted by molar-refractivity contribution is 0.233. The van der Waals surface area contributed by atoms with Crippen LogP contribution in [0, 0.1) is 0 Å². The number of hydrogen-bond acceptors (Lipinski definition) is 3. The topological polar surface area (TPSA) is 38.5 Å². The number of rotatable bonds is 5. The van der Waals surface area contributed by atoms with Crippen molar-refractivity contribution in [3.8, 4) is 5.75 Å². The van der Waals surface area contributed by atoms with Crippen molar-refractivity contribution in [1.29, 1.82) is 0 Å². The van der Waals surface area contributed by atoms with Gasteiger partial charge in [-0.3, -0.25) is 0 Å². The first kappa shape index (κ1) is 14.6. The third kappa shape index (κ3) is 3.85. The molecule has 0 radical (unpaired) electrons. The molecule has 2 rings (SSSR count). The lowest BCUT2D eigenvalue weighted by atomic mass is 10.1. The molecular weight excluding hydrogens is 260 g/mol. The van der Waals surface area contributed by atoms with E-state index < -0.39 is 0 Å². The van der Waals surface area contributed by atoms with Crippen LogP contribution in [-0.4, -0.2) is 31.1 Å². The predicted octanol–water partition coefficient (Wildman–Crippen LogP) is 3.22. The molecule has 19 heavy (non-hydrogen) atoms. The maximum absolute atomic E-state index is 6.21. The summed E-state index contributed by atoms with van der Waals surface area (Å²) >= 11 is 6.21. The third-order valence-electron chi connectivity index (χ3n) is 3.86. The van der Waals surface area contributed by atoms with Crippen molar-refractivity contribution >= 4 is 11.6 Å². The van der Waals surface area contributed by atoms with Crippen LogP contribution in [0.25, 0.3) is 0 Å². The van der Waals surface area contributed by atoms with Gasteiger partial charge in [0.2, 0.25) is 0 Å². The number of hydrogen-bond donors (Lipinski definition) is 1. The van der Waals surface area contributed by atoms with Gasteiger partial charge in [-0.2, -0.15) is 0 Å². The molecule has 1 aromatic carbocycles. The first-order valence-electron chi connectivity index (χ1n) is 6.96. The first-order valence-corrected chi connectivity index (χ1v) is 7.34. The molecule has 3 nitrogen and oxygen atoms in total. The summed E-state index contributed by atoms with van der Waals surface area (Å²) in [5, 5.41) is 0.648. The van der Waals surface area contributed by atoms with Gasteiger partial charge in [-0.1, -0.05) is 17.7 Å². The molecule has 1 fully saturated rings. The van der Waals surface area contributed by atoms with Gasteiger partial charge in [0.05, 0.1) is 11.6 Å². The van der Waals surface area contributed by atoms with Crippen molar-refractivity contribution in [2.24, 2.45) is 5.73 Å². The van der Waals surface area contributed by atoms with Crippen LogP contribution in [0.5, 0.6) is 5.75 Å². The van der Waals surface area contributed by atoms with Crippen LogP contribution in [-0.2, 0) is 0 Å². The van der Waals surface area contributed by atoms with Crippen LogP contribution in [0.1, 0.15) is 37.8 Å². The van der Waals surface area contributed by atoms with Gasteiger partial charge in [-0.25, -0.2) is 0 Å². The molecular formula is C15H23ClN2O. The molecule has 1 heterocycles. The number of ether oxygens (including phenoxy) is 1. The van der Waals surface area contributed by atoms with Crippen molar-refractivity contribution in [2.75, 3.05) is 20.2 Å². The van der Waals surface area contributed by atoms with E-state index in [-0.39, 0.29) is 6.04 Å². The van der Waals surface area contributed by atoms with Gasteiger partial charge in [-0.05, 0) is 57.5 Å². The fourth-order valence-electron chi connectivity index (χ4n) is 2.57. The molecule has 106 valence electrons. The van der Waals surface area contributed by atoms with E-state index in [0.717, 1.165) is 17.7 Å². The standard InChI is InChI=1S/C15H23ClN2O/c1-11(17)12-5-6-15(14(16)10-12)19-9-7-13-4-3-8-18(13)2/h5-6,10-11,13H,3-4,7-9,17H2,1-2H3. The Morgan fingerprint density at radius 3 is 2.89 bits per heavy atom. The highest BCUT2D eigenvalue weighted by molar-refractivity contribution is 6.32. The molecule has 2 unspecified atom stereocenters. The highest BCUT2D eigenvalue weighted by Gasteiger charge is 2.20. The Morgan fingerprint density at radius 1 is 1.53 bits per heavy atom. The Hall–Kier alpha value is -0.770. The van der Waals surface area contributed by atoms with Gasteiger partial charge in [0, 0.05) is 12.1 Å². The maximum atomic E-state index is 6.21. The third-order valence-corrected chi connectivity index (χ3v) is 4.16. The quantitative estimate of drug-likeness (QED) is 0.901. The zero-order valence-corrected chi connectivity index (χ0v) is 12.5. The second-order valence-electron chi connectivity index (χ2n) is 5.39. The maximum Gasteiger partial charge on any atom is 0.137 e. The summed E-state index contributed by atoms with van der Waals surface area (Å²) in [7, 11) is 2.18. The highest BCUT2D eigenvalue weighted by Crippen LogP contribution is 2.28. The molecule has 1 aliphatic rings. The predicted molar refractivity (Wildman–Crippen MR) is 79.8 cm³/mol. The van der Waals surface area contributed by atoms with Crippen molar-refractivity contribution < 1.29 is 4.74 Å². The van der Waals surface area contributed by atoms with Crippen LogP contribution in [0.15, 0.2) is 18.2 Å². The van der Waals surface area contributed by atoms with E-state index in [0.29, 0.717) is 17.7 Å². The number of benzene rings is 1. The Kier molecular flexibility index (Phi) is 5.08. The number of nitrogens with two attached hydrogens (primary N) is 1. The Bertz CT molecular complexity index is 423. The average Bonchev–Trinajstić information content (AvgIpc) is 2.77. The largest absolute Gasteiger partial charge is 0.492 e. The SMILES string of the molecule is CC(N)c1ccc(OCCC2CCCN2C)c(Cl)c1. The van der Waals surface area contributed by atoms with Crippen LogP contribution < -0.4 is 10.5 Å². The van der Waals surface area contributed by atoms with E-state index >= 15 is 0 Å². The Balaban J connectivity index is 1.86. The summed E-state index contributed by atoms with van der Waals surface area (Å²) in [6, 6.07) is 6.44. The minimum absolute atomic E-state index is 0.00121. The minimum atomic E-state index is -0.00121. The Morgan fingerprint density at radius 2 is 2.32 bits per heavy atom. The zero-order chi connectivity index (χ0) is 13.8. The van der Waals surface area contributed by atoms with E-state index in [9.17, 15) is 0 Å². The number of halogens is 1. The van der Waals surface area contributed by atoms with Crippen LogP contribution in [0.4, 0.5) is 0 Å². The summed E-state index contributed by atoms with van der Waals surface area (Å²) in [5.74, 6) is 0.756. The van der Waals surface area contributed by atoms with Gasteiger partial charge in [0.15, 0.2) is 0 Å². The van der Waals surface area contributed by atoms with Gasteiger partial charge >= 0.3 is 0 Å². The molecule has 0 spiro atoms. The van der Waals surface area contributed by atoms with Crippen molar-refractivity contribution in [1.82, 2.24) is 4.90 Å². The van der Waals surface area contributed by atoms with E-state index in [2.05, 4.69) is 11.9 Å². The molecule has 1 aromatic rings. The van der Waals surface area contributed by atoms with Gasteiger partial charge in [0.25, 0.3) is 0 Å². The zero-order valence-electron chi connectivity index (χ0n) is 11.7. The lowest BCUT2D eigenvalue weighted by Gasteiger charge is -2.19. The van der Waals surface area contributed by atoms with Crippen LogP contribution in [0.2, 0.25) is 5.02 Å². The summed E-state index contributed by atoms with van der Waals surface area (Å²) in [5.41, 5.74) is 6.86. The molecule has 0 aliphatic carbocycles. The summed E-state index contributed by atoms with van der Waals surface area (Å²) in [6.07, 6.45) is 3.63. The van der Waals surface area contributed by atoms with Crippen molar-refractivity contribution in [3.05, 3.63) is 28.8 Å². The van der Waals surface area contributed by atoms with E-state index in [1.807, 2.05) is 25.1 Å². The summed E-state index contributed by atoms with van der Waals surface area (Å²) in [6.45, 7) is 3.86. The molecule has 2 atom stereocenters. The molecule has 0 saturated carbocycles. The van der Waals surface area contributed by atoms with E-state index in [1.165, 1.54) is 19.4 Å². The van der Waals surface area contributed by atoms with Crippen molar-refractivity contribution in [2.45, 2.75) is 38.3 Å². The second-order valence-corrected chi connectivity index (χ2v) is 5.80. The van der Waals surface area contributed by atoms with E-state index in [1.54, 1.807) is 0 Å². The average molecular weight is 283 g/mol. The molecule has 0 bridgehead atoms. The fraction of sp³-hybridized carbons (Fsp3) is 0.600. The molecule has 4 heteroatoms. The molecule has 1 saturated heterocycles. The first-order chi connectivity index (χ1) is 9.08. The highest BCUT2D eigenvalue weighted by atomic mass is 35.5. The molecule has 0 aromatic heterocycles. The minimum Gasteiger partial charge on any atom is -0.492 e. The number of nitrogens with zero attached hydrogens (tertiary/aromatic N) is 1. The normalized spacial score (nSPS) is 21.6. The Labute approximate surface area is 120 Å². The smallest absolute Gasteiger partial charge is 0.137 e. The van der Waals surface area contributed by atoms with Gasteiger partial charge < -0.3 is 15.4 Å². The van der Waals surface area contributed by atoms with Gasteiger partial charge in [-0.15, -0.1) is 0 Å². The molecule has 0 amide bonds. The summed E-state index contributed by atoms with van der Waals surface area (Å²) < 4.78 is 5.78. The number of likely N-dealkylation sites (tertiary alicyclic amines) is 1. The fourth-order valence-corrected chi connectivity index (χ4v) is 2.81.